The van der Waals surface area contributed by atoms with Gasteiger partial charge in [0.05, 0.1) is 5.69 Å². The lowest BCUT2D eigenvalue weighted by molar-refractivity contribution is 0.0683. The van der Waals surface area contributed by atoms with Gasteiger partial charge in [-0.15, -0.1) is 24.0 Å². The fourth-order valence-corrected chi connectivity index (χ4v) is 3.44. The molecule has 1 atom stereocenters. The molecule has 2 aromatic rings. The summed E-state index contributed by atoms with van der Waals surface area (Å²) in [5.74, 6) is 1.82. The summed E-state index contributed by atoms with van der Waals surface area (Å²) >= 11 is 0. The van der Waals surface area contributed by atoms with Crippen LogP contribution in [0.3, 0.4) is 0 Å². The van der Waals surface area contributed by atoms with E-state index in [4.69, 9.17) is 9.26 Å². The number of pyridine rings is 1. The lowest BCUT2D eigenvalue weighted by Gasteiger charge is -2.32. The SMILES string of the molecule is CCNC(=NCc1nc(C(C)OCC)no1)NC1CCN(Cc2ccccn2)CC1.I. The maximum Gasteiger partial charge on any atom is 0.248 e. The Hall–Kier alpha value is -1.79. The highest BCUT2D eigenvalue weighted by Crippen LogP contribution is 2.14. The third-order valence-corrected chi connectivity index (χ3v) is 5.02. The molecule has 0 saturated carbocycles. The van der Waals surface area contributed by atoms with Crippen LogP contribution in [0.25, 0.3) is 0 Å². The van der Waals surface area contributed by atoms with Gasteiger partial charge < -0.3 is 19.9 Å². The molecule has 1 fully saturated rings. The Kier molecular flexibility index (Phi) is 11.2. The summed E-state index contributed by atoms with van der Waals surface area (Å²) in [6.07, 6.45) is 3.80. The van der Waals surface area contributed by atoms with Crippen LogP contribution in [0.15, 0.2) is 33.9 Å². The van der Waals surface area contributed by atoms with Crippen molar-refractivity contribution in [1.29, 1.82) is 0 Å². The minimum atomic E-state index is -0.181. The Morgan fingerprint density at radius 3 is 2.81 bits per heavy atom. The zero-order chi connectivity index (χ0) is 21.2. The number of hydrogen-bond acceptors (Lipinski definition) is 7. The molecule has 0 aliphatic carbocycles. The average molecular weight is 543 g/mol. The molecule has 9 nitrogen and oxygen atoms in total. The van der Waals surface area contributed by atoms with Crippen molar-refractivity contribution >= 4 is 29.9 Å². The van der Waals surface area contributed by atoms with Gasteiger partial charge >= 0.3 is 0 Å². The summed E-state index contributed by atoms with van der Waals surface area (Å²) < 4.78 is 10.8. The van der Waals surface area contributed by atoms with E-state index in [-0.39, 0.29) is 30.1 Å². The molecule has 1 saturated heterocycles. The fraction of sp³-hybridized carbons (Fsp3) is 0.619. The molecule has 0 aromatic carbocycles. The normalized spacial score (nSPS) is 16.5. The molecule has 0 amide bonds. The number of piperidine rings is 1. The van der Waals surface area contributed by atoms with Gasteiger partial charge in [0.2, 0.25) is 5.89 Å². The van der Waals surface area contributed by atoms with E-state index in [0.29, 0.717) is 30.9 Å². The lowest BCUT2D eigenvalue weighted by atomic mass is 10.0. The molecule has 10 heteroatoms. The van der Waals surface area contributed by atoms with E-state index in [1.54, 1.807) is 0 Å². The van der Waals surface area contributed by atoms with E-state index in [0.717, 1.165) is 50.7 Å². The van der Waals surface area contributed by atoms with Crippen molar-refractivity contribution in [3.63, 3.8) is 0 Å². The van der Waals surface area contributed by atoms with Crippen LogP contribution in [-0.2, 0) is 17.8 Å². The summed E-state index contributed by atoms with van der Waals surface area (Å²) in [5.41, 5.74) is 1.12. The predicted molar refractivity (Wildman–Crippen MR) is 130 cm³/mol. The number of aromatic nitrogens is 3. The zero-order valence-corrected chi connectivity index (χ0v) is 20.9. The second-order valence-electron chi connectivity index (χ2n) is 7.35. The van der Waals surface area contributed by atoms with Crippen LogP contribution >= 0.6 is 24.0 Å². The molecule has 172 valence electrons. The number of hydrogen-bond donors (Lipinski definition) is 2. The molecule has 0 spiro atoms. The van der Waals surface area contributed by atoms with E-state index in [2.05, 4.69) is 48.6 Å². The van der Waals surface area contributed by atoms with Gasteiger partial charge in [0.25, 0.3) is 0 Å². The van der Waals surface area contributed by atoms with Crippen molar-refractivity contribution in [3.8, 4) is 0 Å². The number of halogens is 1. The second-order valence-corrected chi connectivity index (χ2v) is 7.35. The first-order valence-electron chi connectivity index (χ1n) is 10.8. The lowest BCUT2D eigenvalue weighted by Crippen LogP contribution is -2.48. The first-order valence-corrected chi connectivity index (χ1v) is 10.8. The number of nitrogens with one attached hydrogen (secondary N) is 2. The highest BCUT2D eigenvalue weighted by Gasteiger charge is 2.20. The minimum absolute atomic E-state index is 0. The fourth-order valence-electron chi connectivity index (χ4n) is 3.44. The summed E-state index contributed by atoms with van der Waals surface area (Å²) in [6, 6.07) is 6.47. The molecule has 1 aliphatic rings. The molecule has 31 heavy (non-hydrogen) atoms. The standard InChI is InChI=1S/C21H33N7O2.HI/c1-4-22-21(24-14-19-26-20(27-30-19)16(3)29-5-2)25-17-9-12-28(13-10-17)15-18-8-6-7-11-23-18;/h6-8,11,16-17H,4-5,9-10,12-15H2,1-3H3,(H2,22,24,25);1H. The van der Waals surface area contributed by atoms with Gasteiger partial charge in [0.1, 0.15) is 12.6 Å². The maximum absolute atomic E-state index is 5.50. The number of rotatable bonds is 9. The van der Waals surface area contributed by atoms with E-state index in [1.165, 1.54) is 0 Å². The Morgan fingerprint density at radius 2 is 2.13 bits per heavy atom. The molecular formula is C21H34IN7O2. The molecule has 0 bridgehead atoms. The maximum atomic E-state index is 5.50. The molecule has 1 unspecified atom stereocenters. The number of nitrogens with zero attached hydrogens (tertiary/aromatic N) is 5. The van der Waals surface area contributed by atoms with E-state index in [9.17, 15) is 0 Å². The molecule has 0 radical (unpaired) electrons. The van der Waals surface area contributed by atoms with Gasteiger partial charge in [0.15, 0.2) is 11.8 Å². The van der Waals surface area contributed by atoms with Crippen molar-refractivity contribution < 1.29 is 9.26 Å². The Labute approximate surface area is 201 Å². The third-order valence-electron chi connectivity index (χ3n) is 5.02. The van der Waals surface area contributed by atoms with Crippen molar-refractivity contribution in [3.05, 3.63) is 41.8 Å². The number of likely N-dealkylation sites (tertiary alicyclic amines) is 1. The highest BCUT2D eigenvalue weighted by molar-refractivity contribution is 14.0. The molecule has 3 heterocycles. The highest BCUT2D eigenvalue weighted by atomic mass is 127. The van der Waals surface area contributed by atoms with Crippen LogP contribution in [-0.4, -0.2) is 58.3 Å². The van der Waals surface area contributed by atoms with E-state index >= 15 is 0 Å². The van der Waals surface area contributed by atoms with Crippen molar-refractivity contribution in [2.24, 2.45) is 4.99 Å². The van der Waals surface area contributed by atoms with Crippen LogP contribution in [0.4, 0.5) is 0 Å². The quantitative estimate of drug-likeness (QED) is 0.283. The van der Waals surface area contributed by atoms with Gasteiger partial charge in [0, 0.05) is 45.0 Å². The molecule has 2 aromatic heterocycles. The number of ether oxygens (including phenoxy) is 1. The van der Waals surface area contributed by atoms with Gasteiger partial charge in [-0.3, -0.25) is 9.88 Å². The topological polar surface area (TPSA) is 101 Å². The van der Waals surface area contributed by atoms with Crippen LogP contribution in [0.2, 0.25) is 0 Å². The van der Waals surface area contributed by atoms with Crippen LogP contribution < -0.4 is 10.6 Å². The molecule has 2 N–H and O–H groups in total. The van der Waals surface area contributed by atoms with E-state index < -0.39 is 0 Å². The Balaban J connectivity index is 0.00000341. The predicted octanol–water partition coefficient (Wildman–Crippen LogP) is 2.90. The summed E-state index contributed by atoms with van der Waals surface area (Å²) in [6.45, 7) is 10.6. The first-order chi connectivity index (χ1) is 14.7. The summed E-state index contributed by atoms with van der Waals surface area (Å²) in [5, 5.41) is 10.8. The Bertz CT molecular complexity index is 779. The second kappa shape index (κ2) is 13.6. The largest absolute Gasteiger partial charge is 0.371 e. The van der Waals surface area contributed by atoms with Crippen LogP contribution in [0, 0.1) is 0 Å². The van der Waals surface area contributed by atoms with Gasteiger partial charge in [-0.05, 0) is 45.7 Å². The minimum Gasteiger partial charge on any atom is -0.371 e. The number of guanidine groups is 1. The third kappa shape index (κ3) is 8.34. The smallest absolute Gasteiger partial charge is 0.248 e. The summed E-state index contributed by atoms with van der Waals surface area (Å²) in [7, 11) is 0. The van der Waals surface area contributed by atoms with Crippen molar-refractivity contribution in [2.75, 3.05) is 26.2 Å². The zero-order valence-electron chi connectivity index (χ0n) is 18.6. The van der Waals surface area contributed by atoms with Gasteiger partial charge in [-0.1, -0.05) is 11.2 Å². The van der Waals surface area contributed by atoms with Crippen LogP contribution in [0.5, 0.6) is 0 Å². The molecule has 3 rings (SSSR count). The Morgan fingerprint density at radius 1 is 1.32 bits per heavy atom. The summed E-state index contributed by atoms with van der Waals surface area (Å²) in [4.78, 5) is 15.9. The van der Waals surface area contributed by atoms with Crippen molar-refractivity contribution in [2.45, 2.75) is 58.8 Å². The van der Waals surface area contributed by atoms with Gasteiger partial charge in [-0.2, -0.15) is 4.98 Å². The number of aliphatic imine (C=N–C) groups is 1. The van der Waals surface area contributed by atoms with Crippen molar-refractivity contribution in [1.82, 2.24) is 30.7 Å². The molecular weight excluding hydrogens is 509 g/mol. The monoisotopic (exact) mass is 543 g/mol. The van der Waals surface area contributed by atoms with Gasteiger partial charge in [-0.25, -0.2) is 4.99 Å². The average Bonchev–Trinajstić information content (AvgIpc) is 3.24. The first kappa shape index (κ1) is 25.5. The molecule has 1 aliphatic heterocycles. The van der Waals surface area contributed by atoms with E-state index in [1.807, 2.05) is 32.2 Å². The van der Waals surface area contributed by atoms with Crippen LogP contribution in [0.1, 0.15) is 57.1 Å².